The highest BCUT2D eigenvalue weighted by molar-refractivity contribution is 5.50. The molecule has 2 rings (SSSR count). The molecule has 0 fully saturated rings. The van der Waals surface area contributed by atoms with Crippen molar-refractivity contribution in [2.45, 2.75) is 19.8 Å². The van der Waals surface area contributed by atoms with Gasteiger partial charge >= 0.3 is 0 Å². The highest BCUT2D eigenvalue weighted by atomic mass is 15.2. The number of hydrogen-bond donors (Lipinski definition) is 3. The Morgan fingerprint density at radius 1 is 1.20 bits per heavy atom. The van der Waals surface area contributed by atoms with E-state index in [0.717, 1.165) is 31.0 Å². The number of aryl methyl sites for hydroxylation is 1. The SMILES string of the molecule is CCCNc1cc(NCCc2nncn2C)nc(N)n1. The minimum absolute atomic E-state index is 0.257. The van der Waals surface area contributed by atoms with Gasteiger partial charge in [-0.1, -0.05) is 6.92 Å². The molecule has 8 heteroatoms. The molecule has 0 unspecified atom stereocenters. The summed E-state index contributed by atoms with van der Waals surface area (Å²) in [5, 5.41) is 14.3. The Balaban J connectivity index is 1.91. The molecule has 0 aliphatic rings. The van der Waals surface area contributed by atoms with Crippen molar-refractivity contribution in [3.05, 3.63) is 18.2 Å². The van der Waals surface area contributed by atoms with Crippen molar-refractivity contribution in [3.63, 3.8) is 0 Å². The molecule has 0 aromatic carbocycles. The molecule has 2 aromatic rings. The summed E-state index contributed by atoms with van der Waals surface area (Å²) in [5.74, 6) is 2.62. The molecule has 4 N–H and O–H groups in total. The Hall–Kier alpha value is -2.38. The van der Waals surface area contributed by atoms with Crippen molar-refractivity contribution in [2.24, 2.45) is 7.05 Å². The van der Waals surface area contributed by atoms with Gasteiger partial charge in [0.15, 0.2) is 0 Å². The summed E-state index contributed by atoms with van der Waals surface area (Å²) in [6.45, 7) is 3.66. The number of nitrogens with two attached hydrogens (primary N) is 1. The molecular weight excluding hydrogens is 256 g/mol. The van der Waals surface area contributed by atoms with Crippen LogP contribution in [0.25, 0.3) is 0 Å². The van der Waals surface area contributed by atoms with Crippen molar-refractivity contribution in [3.8, 4) is 0 Å². The maximum absolute atomic E-state index is 5.69. The third-order valence-corrected chi connectivity index (χ3v) is 2.76. The number of anilines is 3. The number of hydrogen-bond acceptors (Lipinski definition) is 7. The molecule has 2 heterocycles. The lowest BCUT2D eigenvalue weighted by Gasteiger charge is -2.09. The molecule has 108 valence electrons. The van der Waals surface area contributed by atoms with Gasteiger partial charge in [0.25, 0.3) is 0 Å². The summed E-state index contributed by atoms with van der Waals surface area (Å²) in [4.78, 5) is 8.29. The van der Waals surface area contributed by atoms with E-state index in [9.17, 15) is 0 Å². The van der Waals surface area contributed by atoms with Crippen LogP contribution in [0.15, 0.2) is 12.4 Å². The first-order chi connectivity index (χ1) is 9.69. The Kier molecular flexibility index (Phi) is 4.70. The lowest BCUT2D eigenvalue weighted by Crippen LogP contribution is -2.12. The zero-order valence-electron chi connectivity index (χ0n) is 11.8. The van der Waals surface area contributed by atoms with Crippen LogP contribution in [-0.2, 0) is 13.5 Å². The fourth-order valence-corrected chi connectivity index (χ4v) is 1.74. The standard InChI is InChI=1S/C12H20N8/c1-3-5-14-9-7-10(18-12(13)17-9)15-6-4-11-19-16-8-20(11)2/h7-8H,3-6H2,1-2H3,(H4,13,14,15,17,18). The second-order valence-electron chi connectivity index (χ2n) is 4.46. The smallest absolute Gasteiger partial charge is 0.223 e. The summed E-state index contributed by atoms with van der Waals surface area (Å²) < 4.78 is 1.89. The molecule has 8 nitrogen and oxygen atoms in total. The van der Waals surface area contributed by atoms with Crippen LogP contribution in [0.1, 0.15) is 19.2 Å². The first-order valence-corrected chi connectivity index (χ1v) is 6.64. The zero-order valence-corrected chi connectivity index (χ0v) is 11.8. The van der Waals surface area contributed by atoms with Gasteiger partial charge in [0, 0.05) is 32.6 Å². The van der Waals surface area contributed by atoms with Gasteiger partial charge in [-0.2, -0.15) is 9.97 Å². The van der Waals surface area contributed by atoms with E-state index in [-0.39, 0.29) is 5.95 Å². The topological polar surface area (TPSA) is 107 Å². The van der Waals surface area contributed by atoms with E-state index in [4.69, 9.17) is 5.73 Å². The van der Waals surface area contributed by atoms with E-state index in [1.165, 1.54) is 0 Å². The minimum atomic E-state index is 0.257. The molecule has 2 aromatic heterocycles. The molecule has 0 amide bonds. The number of nitrogen functional groups attached to an aromatic ring is 1. The first kappa shape index (κ1) is 14.0. The van der Waals surface area contributed by atoms with Crippen molar-refractivity contribution < 1.29 is 0 Å². The average molecular weight is 276 g/mol. The van der Waals surface area contributed by atoms with Crippen LogP contribution in [0.3, 0.4) is 0 Å². The van der Waals surface area contributed by atoms with E-state index in [0.29, 0.717) is 12.4 Å². The van der Waals surface area contributed by atoms with E-state index < -0.39 is 0 Å². The molecule has 0 atom stereocenters. The van der Waals surface area contributed by atoms with Crippen LogP contribution >= 0.6 is 0 Å². The van der Waals surface area contributed by atoms with E-state index in [2.05, 4.69) is 37.7 Å². The van der Waals surface area contributed by atoms with Gasteiger partial charge in [-0.25, -0.2) is 0 Å². The third-order valence-electron chi connectivity index (χ3n) is 2.76. The predicted molar refractivity (Wildman–Crippen MR) is 78.4 cm³/mol. The number of nitrogens with one attached hydrogen (secondary N) is 2. The van der Waals surface area contributed by atoms with Gasteiger partial charge in [0.1, 0.15) is 23.8 Å². The average Bonchev–Trinajstić information content (AvgIpc) is 2.82. The second-order valence-corrected chi connectivity index (χ2v) is 4.46. The number of nitrogens with zero attached hydrogens (tertiary/aromatic N) is 5. The summed E-state index contributed by atoms with van der Waals surface area (Å²) in [6.07, 6.45) is 3.47. The van der Waals surface area contributed by atoms with Gasteiger partial charge in [0.2, 0.25) is 5.95 Å². The molecule has 0 radical (unpaired) electrons. The number of rotatable bonds is 7. The zero-order chi connectivity index (χ0) is 14.4. The normalized spacial score (nSPS) is 10.5. The maximum Gasteiger partial charge on any atom is 0.223 e. The first-order valence-electron chi connectivity index (χ1n) is 6.64. The fourth-order valence-electron chi connectivity index (χ4n) is 1.74. The Morgan fingerprint density at radius 2 is 1.90 bits per heavy atom. The highest BCUT2D eigenvalue weighted by Crippen LogP contribution is 2.12. The molecule has 0 spiro atoms. The lowest BCUT2D eigenvalue weighted by atomic mass is 10.4. The summed E-state index contributed by atoms with van der Waals surface area (Å²) >= 11 is 0. The van der Waals surface area contributed by atoms with Gasteiger partial charge in [-0.15, -0.1) is 10.2 Å². The molecule has 0 aliphatic heterocycles. The van der Waals surface area contributed by atoms with E-state index in [1.807, 2.05) is 17.7 Å². The summed E-state index contributed by atoms with van der Waals surface area (Å²) in [5.41, 5.74) is 5.69. The van der Waals surface area contributed by atoms with Crippen LogP contribution < -0.4 is 16.4 Å². The third kappa shape index (κ3) is 3.81. The van der Waals surface area contributed by atoms with Crippen molar-refractivity contribution in [2.75, 3.05) is 29.5 Å². The van der Waals surface area contributed by atoms with Gasteiger partial charge in [-0.05, 0) is 6.42 Å². The molecule has 20 heavy (non-hydrogen) atoms. The minimum Gasteiger partial charge on any atom is -0.370 e. The Labute approximate surface area is 117 Å². The Bertz CT molecular complexity index is 550. The van der Waals surface area contributed by atoms with Crippen LogP contribution in [0.2, 0.25) is 0 Å². The largest absolute Gasteiger partial charge is 0.370 e. The molecule has 0 aliphatic carbocycles. The molecule has 0 saturated heterocycles. The van der Waals surface area contributed by atoms with Gasteiger partial charge < -0.3 is 20.9 Å². The summed E-state index contributed by atoms with van der Waals surface area (Å²) in [7, 11) is 1.92. The van der Waals surface area contributed by atoms with E-state index >= 15 is 0 Å². The van der Waals surface area contributed by atoms with Gasteiger partial charge in [-0.3, -0.25) is 0 Å². The highest BCUT2D eigenvalue weighted by Gasteiger charge is 2.03. The summed E-state index contributed by atoms with van der Waals surface area (Å²) in [6, 6.07) is 1.85. The van der Waals surface area contributed by atoms with Gasteiger partial charge in [0.05, 0.1) is 0 Å². The maximum atomic E-state index is 5.69. The van der Waals surface area contributed by atoms with Crippen LogP contribution in [0.5, 0.6) is 0 Å². The molecular formula is C12H20N8. The second kappa shape index (κ2) is 6.69. The van der Waals surface area contributed by atoms with Crippen LogP contribution in [0, 0.1) is 0 Å². The fraction of sp³-hybridized carbons (Fsp3) is 0.500. The van der Waals surface area contributed by atoms with Crippen LogP contribution in [-0.4, -0.2) is 37.8 Å². The number of aromatic nitrogens is 5. The Morgan fingerprint density at radius 3 is 2.50 bits per heavy atom. The van der Waals surface area contributed by atoms with Crippen molar-refractivity contribution in [1.82, 2.24) is 24.7 Å². The monoisotopic (exact) mass is 276 g/mol. The van der Waals surface area contributed by atoms with Crippen molar-refractivity contribution in [1.29, 1.82) is 0 Å². The van der Waals surface area contributed by atoms with Crippen LogP contribution in [0.4, 0.5) is 17.6 Å². The van der Waals surface area contributed by atoms with Crippen molar-refractivity contribution >= 4 is 17.6 Å². The lowest BCUT2D eigenvalue weighted by molar-refractivity contribution is 0.787. The predicted octanol–water partition coefficient (Wildman–Crippen LogP) is 0.664. The quantitative estimate of drug-likeness (QED) is 0.682. The van der Waals surface area contributed by atoms with E-state index in [1.54, 1.807) is 6.33 Å². The molecule has 0 saturated carbocycles. The molecule has 0 bridgehead atoms.